The first kappa shape index (κ1) is 14.9. The van der Waals surface area contributed by atoms with Crippen LogP contribution in [-0.4, -0.2) is 53.0 Å². The highest BCUT2D eigenvalue weighted by molar-refractivity contribution is 5.12. The average molecular weight is 288 g/mol. The van der Waals surface area contributed by atoms with Crippen LogP contribution in [0.4, 0.5) is 0 Å². The molecule has 0 aromatic carbocycles. The minimum absolute atomic E-state index is 0.162. The van der Waals surface area contributed by atoms with Crippen LogP contribution in [-0.2, 0) is 0 Å². The molecule has 0 spiro atoms. The maximum absolute atomic E-state index is 6.45. The molecule has 3 unspecified atom stereocenters. The lowest BCUT2D eigenvalue weighted by molar-refractivity contribution is 0.0192. The Bertz CT molecular complexity index is 436. The van der Waals surface area contributed by atoms with Gasteiger partial charge < -0.3 is 5.73 Å². The van der Waals surface area contributed by atoms with Gasteiger partial charge in [-0.25, -0.2) is 0 Å². The molecular weight excluding hydrogens is 260 g/mol. The van der Waals surface area contributed by atoms with Gasteiger partial charge in [-0.3, -0.25) is 14.8 Å². The number of piperazine rings is 1. The van der Waals surface area contributed by atoms with E-state index in [1.807, 2.05) is 12.3 Å². The summed E-state index contributed by atoms with van der Waals surface area (Å²) in [5.74, 6) is 0. The molecule has 2 saturated heterocycles. The zero-order chi connectivity index (χ0) is 14.7. The third-order valence-corrected chi connectivity index (χ3v) is 5.13. The second-order valence-corrected chi connectivity index (χ2v) is 6.45. The van der Waals surface area contributed by atoms with E-state index in [2.05, 4.69) is 33.8 Å². The SMILES string of the molecule is CCC(N)C(c1ccccn1)N1CCN2CCCCC2C1. The summed E-state index contributed by atoms with van der Waals surface area (Å²) in [6.07, 6.45) is 6.97. The van der Waals surface area contributed by atoms with Crippen molar-refractivity contribution in [2.24, 2.45) is 5.73 Å². The van der Waals surface area contributed by atoms with Gasteiger partial charge in [0.2, 0.25) is 0 Å². The molecule has 2 aliphatic rings. The van der Waals surface area contributed by atoms with Gasteiger partial charge in [0.1, 0.15) is 0 Å². The van der Waals surface area contributed by atoms with Gasteiger partial charge >= 0.3 is 0 Å². The average Bonchev–Trinajstić information content (AvgIpc) is 2.56. The third-order valence-electron chi connectivity index (χ3n) is 5.13. The number of piperidine rings is 1. The first-order chi connectivity index (χ1) is 10.3. The summed E-state index contributed by atoms with van der Waals surface area (Å²) in [6, 6.07) is 7.34. The molecule has 2 N–H and O–H groups in total. The number of nitrogens with zero attached hydrogens (tertiary/aromatic N) is 3. The van der Waals surface area contributed by atoms with Crippen LogP contribution in [0.25, 0.3) is 0 Å². The van der Waals surface area contributed by atoms with E-state index in [-0.39, 0.29) is 12.1 Å². The van der Waals surface area contributed by atoms with Crippen LogP contribution < -0.4 is 5.73 Å². The van der Waals surface area contributed by atoms with Crippen molar-refractivity contribution in [3.8, 4) is 0 Å². The Morgan fingerprint density at radius 1 is 1.29 bits per heavy atom. The number of aromatic nitrogens is 1. The van der Waals surface area contributed by atoms with Crippen molar-refractivity contribution < 1.29 is 0 Å². The molecule has 3 atom stereocenters. The fourth-order valence-electron chi connectivity index (χ4n) is 3.88. The third kappa shape index (κ3) is 3.28. The molecule has 0 bridgehead atoms. The molecule has 0 amide bonds. The van der Waals surface area contributed by atoms with Gasteiger partial charge in [-0.2, -0.15) is 0 Å². The number of fused-ring (bicyclic) bond motifs is 1. The zero-order valence-electron chi connectivity index (χ0n) is 13.1. The summed E-state index contributed by atoms with van der Waals surface area (Å²) < 4.78 is 0. The molecule has 4 nitrogen and oxygen atoms in total. The van der Waals surface area contributed by atoms with E-state index in [4.69, 9.17) is 5.73 Å². The molecule has 21 heavy (non-hydrogen) atoms. The predicted octanol–water partition coefficient (Wildman–Crippen LogP) is 2.03. The Kier molecular flexibility index (Phi) is 4.88. The van der Waals surface area contributed by atoms with Crippen molar-refractivity contribution in [3.05, 3.63) is 30.1 Å². The van der Waals surface area contributed by atoms with Gasteiger partial charge in [0.15, 0.2) is 0 Å². The summed E-state index contributed by atoms with van der Waals surface area (Å²) in [5, 5.41) is 0. The summed E-state index contributed by atoms with van der Waals surface area (Å²) in [6.45, 7) is 6.91. The van der Waals surface area contributed by atoms with E-state index in [1.165, 1.54) is 32.4 Å². The first-order valence-corrected chi connectivity index (χ1v) is 8.44. The van der Waals surface area contributed by atoms with Crippen molar-refractivity contribution >= 4 is 0 Å². The Balaban J connectivity index is 1.77. The standard InChI is InChI=1S/C17H28N4/c1-2-15(18)17(16-8-3-5-9-19-16)21-12-11-20-10-6-4-7-14(20)13-21/h3,5,8-9,14-15,17H,2,4,6-7,10-13,18H2,1H3. The van der Waals surface area contributed by atoms with Crippen LogP contribution in [0, 0.1) is 0 Å². The van der Waals surface area contributed by atoms with Crippen LogP contribution in [0.2, 0.25) is 0 Å². The molecule has 0 aliphatic carbocycles. The second-order valence-electron chi connectivity index (χ2n) is 6.45. The zero-order valence-corrected chi connectivity index (χ0v) is 13.1. The Labute approximate surface area is 128 Å². The monoisotopic (exact) mass is 288 g/mol. The lowest BCUT2D eigenvalue weighted by Gasteiger charge is -2.47. The number of hydrogen-bond acceptors (Lipinski definition) is 4. The van der Waals surface area contributed by atoms with Gasteiger partial charge in [-0.1, -0.05) is 19.4 Å². The molecule has 4 heteroatoms. The molecule has 1 aromatic heterocycles. The van der Waals surface area contributed by atoms with Crippen molar-refractivity contribution in [1.82, 2.24) is 14.8 Å². The Morgan fingerprint density at radius 2 is 2.19 bits per heavy atom. The van der Waals surface area contributed by atoms with Crippen LogP contribution in [0.1, 0.15) is 44.3 Å². The van der Waals surface area contributed by atoms with Gasteiger partial charge in [0, 0.05) is 37.9 Å². The highest BCUT2D eigenvalue weighted by Gasteiger charge is 2.34. The van der Waals surface area contributed by atoms with Crippen LogP contribution in [0.3, 0.4) is 0 Å². The lowest BCUT2D eigenvalue weighted by atomic mass is 9.95. The molecule has 2 aliphatic heterocycles. The second kappa shape index (κ2) is 6.86. The number of hydrogen-bond donors (Lipinski definition) is 1. The fraction of sp³-hybridized carbons (Fsp3) is 0.706. The predicted molar refractivity (Wildman–Crippen MR) is 86.0 cm³/mol. The van der Waals surface area contributed by atoms with E-state index in [9.17, 15) is 0 Å². The van der Waals surface area contributed by atoms with Crippen LogP contribution in [0.15, 0.2) is 24.4 Å². The number of pyridine rings is 1. The number of nitrogens with two attached hydrogens (primary N) is 1. The van der Waals surface area contributed by atoms with E-state index in [0.717, 1.165) is 31.2 Å². The van der Waals surface area contributed by atoms with Gasteiger partial charge in [-0.05, 0) is 37.9 Å². The number of rotatable bonds is 4. The normalized spacial score (nSPS) is 27.0. The van der Waals surface area contributed by atoms with Gasteiger partial charge in [-0.15, -0.1) is 0 Å². The van der Waals surface area contributed by atoms with Crippen molar-refractivity contribution in [1.29, 1.82) is 0 Å². The highest BCUT2D eigenvalue weighted by Crippen LogP contribution is 2.29. The molecular formula is C17H28N4. The van der Waals surface area contributed by atoms with Crippen molar-refractivity contribution in [3.63, 3.8) is 0 Å². The van der Waals surface area contributed by atoms with Crippen molar-refractivity contribution in [2.45, 2.75) is 50.7 Å². The molecule has 0 saturated carbocycles. The van der Waals surface area contributed by atoms with E-state index in [1.54, 1.807) is 0 Å². The maximum Gasteiger partial charge on any atom is 0.0674 e. The molecule has 3 heterocycles. The summed E-state index contributed by atoms with van der Waals surface area (Å²) >= 11 is 0. The largest absolute Gasteiger partial charge is 0.326 e. The molecule has 1 aromatic rings. The Hall–Kier alpha value is -0.970. The first-order valence-electron chi connectivity index (χ1n) is 8.44. The Morgan fingerprint density at radius 3 is 2.95 bits per heavy atom. The lowest BCUT2D eigenvalue weighted by Crippen LogP contribution is -2.57. The maximum atomic E-state index is 6.45. The van der Waals surface area contributed by atoms with Crippen molar-refractivity contribution in [2.75, 3.05) is 26.2 Å². The van der Waals surface area contributed by atoms with E-state index < -0.39 is 0 Å². The minimum atomic E-state index is 0.162. The van der Waals surface area contributed by atoms with E-state index >= 15 is 0 Å². The summed E-state index contributed by atoms with van der Waals surface area (Å²) in [7, 11) is 0. The topological polar surface area (TPSA) is 45.4 Å². The minimum Gasteiger partial charge on any atom is -0.326 e. The van der Waals surface area contributed by atoms with Crippen LogP contribution in [0.5, 0.6) is 0 Å². The quantitative estimate of drug-likeness (QED) is 0.921. The molecule has 116 valence electrons. The molecule has 3 rings (SSSR count). The molecule has 2 fully saturated rings. The van der Waals surface area contributed by atoms with Crippen LogP contribution >= 0.6 is 0 Å². The fourth-order valence-corrected chi connectivity index (χ4v) is 3.88. The smallest absolute Gasteiger partial charge is 0.0674 e. The van der Waals surface area contributed by atoms with E-state index in [0.29, 0.717) is 0 Å². The summed E-state index contributed by atoms with van der Waals surface area (Å²) in [4.78, 5) is 9.85. The summed E-state index contributed by atoms with van der Waals surface area (Å²) in [5.41, 5.74) is 7.59. The highest BCUT2D eigenvalue weighted by atomic mass is 15.3. The molecule has 0 radical (unpaired) electrons. The van der Waals surface area contributed by atoms with Gasteiger partial charge in [0.25, 0.3) is 0 Å². The van der Waals surface area contributed by atoms with Gasteiger partial charge in [0.05, 0.1) is 11.7 Å².